The summed E-state index contributed by atoms with van der Waals surface area (Å²) in [6, 6.07) is 11.5. The normalized spacial score (nSPS) is 28.4. The van der Waals surface area contributed by atoms with E-state index in [1.165, 1.54) is 24.6 Å². The van der Waals surface area contributed by atoms with Gasteiger partial charge in [-0.2, -0.15) is 0 Å². The molecule has 1 aliphatic carbocycles. The lowest BCUT2D eigenvalue weighted by atomic mass is 9.94. The topological polar surface area (TPSA) is 46.4 Å². The summed E-state index contributed by atoms with van der Waals surface area (Å²) in [6.07, 6.45) is 4.87. The number of furan rings is 1. The minimum atomic E-state index is 0.523. The SMILES string of the molecule is c1ccc2oc(CCNC3CCCC3C3COCCN3)cc2c1. The highest BCUT2D eigenvalue weighted by Crippen LogP contribution is 2.29. The number of hydrogen-bond donors (Lipinski definition) is 2. The molecule has 0 spiro atoms. The maximum atomic E-state index is 5.90. The summed E-state index contributed by atoms with van der Waals surface area (Å²) in [5.41, 5.74) is 0.991. The van der Waals surface area contributed by atoms with Gasteiger partial charge in [0.25, 0.3) is 0 Å². The van der Waals surface area contributed by atoms with Gasteiger partial charge in [-0.15, -0.1) is 0 Å². The van der Waals surface area contributed by atoms with Crippen LogP contribution in [0.5, 0.6) is 0 Å². The number of rotatable bonds is 5. The number of para-hydroxylation sites is 1. The molecule has 4 heteroatoms. The summed E-state index contributed by atoms with van der Waals surface area (Å²) >= 11 is 0. The van der Waals surface area contributed by atoms with Gasteiger partial charge >= 0.3 is 0 Å². The molecule has 1 aliphatic heterocycles. The van der Waals surface area contributed by atoms with Crippen molar-refractivity contribution in [3.8, 4) is 0 Å². The lowest BCUT2D eigenvalue weighted by Gasteiger charge is -2.33. The van der Waals surface area contributed by atoms with Crippen LogP contribution in [0, 0.1) is 5.92 Å². The van der Waals surface area contributed by atoms with Crippen molar-refractivity contribution in [3.05, 3.63) is 36.1 Å². The van der Waals surface area contributed by atoms with Crippen molar-refractivity contribution in [2.24, 2.45) is 5.92 Å². The molecule has 3 unspecified atom stereocenters. The third kappa shape index (κ3) is 3.44. The van der Waals surface area contributed by atoms with Gasteiger partial charge in [0.1, 0.15) is 11.3 Å². The first-order chi connectivity index (χ1) is 11.4. The summed E-state index contributed by atoms with van der Waals surface area (Å²) in [5, 5.41) is 8.60. The van der Waals surface area contributed by atoms with E-state index in [0.29, 0.717) is 18.0 Å². The Balaban J connectivity index is 1.31. The molecule has 0 bridgehead atoms. The lowest BCUT2D eigenvalue weighted by molar-refractivity contribution is 0.0525. The molecule has 2 N–H and O–H groups in total. The Morgan fingerprint density at radius 3 is 3.04 bits per heavy atom. The zero-order valence-electron chi connectivity index (χ0n) is 13.6. The molecule has 2 aliphatic rings. The standard InChI is InChI=1S/C19H26N2O2/c1-2-7-19-14(4-1)12-15(23-19)8-9-20-17-6-3-5-16(17)18-13-22-11-10-21-18/h1-2,4,7,12,16-18,20-21H,3,5-6,8-11,13H2. The maximum Gasteiger partial charge on any atom is 0.134 e. The summed E-state index contributed by atoms with van der Waals surface area (Å²) in [6.45, 7) is 3.70. The molecule has 2 fully saturated rings. The number of morpholine rings is 1. The molecule has 124 valence electrons. The summed E-state index contributed by atoms with van der Waals surface area (Å²) in [4.78, 5) is 0. The molecular weight excluding hydrogens is 288 g/mol. The fraction of sp³-hybridized carbons (Fsp3) is 0.579. The maximum absolute atomic E-state index is 5.90. The number of benzene rings is 1. The summed E-state index contributed by atoms with van der Waals surface area (Å²) in [7, 11) is 0. The molecule has 4 rings (SSSR count). The molecule has 4 nitrogen and oxygen atoms in total. The second-order valence-corrected chi connectivity index (χ2v) is 6.79. The van der Waals surface area contributed by atoms with E-state index in [1.807, 2.05) is 12.1 Å². The molecule has 0 radical (unpaired) electrons. The molecule has 1 aromatic carbocycles. The molecule has 1 aromatic heterocycles. The van der Waals surface area contributed by atoms with Crippen molar-refractivity contribution < 1.29 is 9.15 Å². The van der Waals surface area contributed by atoms with E-state index >= 15 is 0 Å². The van der Waals surface area contributed by atoms with Gasteiger partial charge < -0.3 is 19.8 Å². The van der Waals surface area contributed by atoms with E-state index in [0.717, 1.165) is 44.1 Å². The predicted octanol–water partition coefficient (Wildman–Crippen LogP) is 2.72. The first-order valence-corrected chi connectivity index (χ1v) is 8.92. The lowest BCUT2D eigenvalue weighted by Crippen LogP contribution is -2.51. The van der Waals surface area contributed by atoms with Gasteiger partial charge in [0.05, 0.1) is 13.2 Å². The van der Waals surface area contributed by atoms with Crippen LogP contribution in [0.4, 0.5) is 0 Å². The monoisotopic (exact) mass is 314 g/mol. The van der Waals surface area contributed by atoms with Gasteiger partial charge in [-0.05, 0) is 30.9 Å². The van der Waals surface area contributed by atoms with E-state index in [1.54, 1.807) is 0 Å². The van der Waals surface area contributed by atoms with Gasteiger partial charge in [0, 0.05) is 37.0 Å². The highest BCUT2D eigenvalue weighted by Gasteiger charge is 2.34. The van der Waals surface area contributed by atoms with Crippen LogP contribution in [-0.2, 0) is 11.2 Å². The van der Waals surface area contributed by atoms with Crippen molar-refractivity contribution >= 4 is 11.0 Å². The highest BCUT2D eigenvalue weighted by atomic mass is 16.5. The Morgan fingerprint density at radius 1 is 1.22 bits per heavy atom. The summed E-state index contributed by atoms with van der Waals surface area (Å²) in [5.74, 6) is 1.78. The van der Waals surface area contributed by atoms with Crippen LogP contribution in [0.2, 0.25) is 0 Å². The number of ether oxygens (including phenoxy) is 1. The van der Waals surface area contributed by atoms with Crippen LogP contribution in [0.25, 0.3) is 11.0 Å². The zero-order chi connectivity index (χ0) is 15.5. The van der Waals surface area contributed by atoms with Gasteiger partial charge in [0.2, 0.25) is 0 Å². The zero-order valence-corrected chi connectivity index (χ0v) is 13.6. The van der Waals surface area contributed by atoms with Crippen molar-refractivity contribution in [2.45, 2.75) is 37.8 Å². The van der Waals surface area contributed by atoms with Crippen molar-refractivity contribution in [1.29, 1.82) is 0 Å². The van der Waals surface area contributed by atoms with Crippen molar-refractivity contribution in [1.82, 2.24) is 10.6 Å². The molecule has 0 amide bonds. The number of hydrogen-bond acceptors (Lipinski definition) is 4. The fourth-order valence-electron chi connectivity index (χ4n) is 4.13. The quantitative estimate of drug-likeness (QED) is 0.891. The number of fused-ring (bicyclic) bond motifs is 1. The van der Waals surface area contributed by atoms with Crippen molar-refractivity contribution in [2.75, 3.05) is 26.3 Å². The smallest absolute Gasteiger partial charge is 0.134 e. The molecule has 2 heterocycles. The Kier molecular flexibility index (Phi) is 4.64. The minimum absolute atomic E-state index is 0.523. The third-order valence-corrected chi connectivity index (χ3v) is 5.29. The Bertz CT molecular complexity index is 600. The van der Waals surface area contributed by atoms with Gasteiger partial charge in [0.15, 0.2) is 0 Å². The first-order valence-electron chi connectivity index (χ1n) is 8.92. The molecule has 1 saturated carbocycles. The average molecular weight is 314 g/mol. The first kappa shape index (κ1) is 15.2. The van der Waals surface area contributed by atoms with E-state index in [9.17, 15) is 0 Å². The summed E-state index contributed by atoms with van der Waals surface area (Å²) < 4.78 is 11.5. The van der Waals surface area contributed by atoms with Crippen LogP contribution < -0.4 is 10.6 Å². The fourth-order valence-corrected chi connectivity index (χ4v) is 4.13. The minimum Gasteiger partial charge on any atom is -0.461 e. The Hall–Kier alpha value is -1.36. The largest absolute Gasteiger partial charge is 0.461 e. The highest BCUT2D eigenvalue weighted by molar-refractivity contribution is 5.77. The molecule has 1 saturated heterocycles. The molecule has 23 heavy (non-hydrogen) atoms. The van der Waals surface area contributed by atoms with Crippen LogP contribution >= 0.6 is 0 Å². The average Bonchev–Trinajstić information content (AvgIpc) is 3.22. The van der Waals surface area contributed by atoms with Crippen LogP contribution in [0.3, 0.4) is 0 Å². The van der Waals surface area contributed by atoms with Gasteiger partial charge in [-0.1, -0.05) is 24.6 Å². The van der Waals surface area contributed by atoms with E-state index < -0.39 is 0 Å². The van der Waals surface area contributed by atoms with Crippen LogP contribution in [0.15, 0.2) is 34.7 Å². The second-order valence-electron chi connectivity index (χ2n) is 6.79. The van der Waals surface area contributed by atoms with E-state index in [2.05, 4.69) is 28.8 Å². The van der Waals surface area contributed by atoms with Gasteiger partial charge in [-0.25, -0.2) is 0 Å². The second kappa shape index (κ2) is 7.04. The Labute approximate surface area is 137 Å². The predicted molar refractivity (Wildman–Crippen MR) is 91.7 cm³/mol. The molecule has 3 atom stereocenters. The van der Waals surface area contributed by atoms with E-state index in [4.69, 9.17) is 9.15 Å². The van der Waals surface area contributed by atoms with Crippen molar-refractivity contribution in [3.63, 3.8) is 0 Å². The van der Waals surface area contributed by atoms with Gasteiger partial charge in [-0.3, -0.25) is 0 Å². The molecule has 2 aromatic rings. The molecular formula is C19H26N2O2. The number of nitrogens with one attached hydrogen (secondary N) is 2. The van der Waals surface area contributed by atoms with Crippen LogP contribution in [0.1, 0.15) is 25.0 Å². The van der Waals surface area contributed by atoms with E-state index in [-0.39, 0.29) is 0 Å². The Morgan fingerprint density at radius 2 is 2.17 bits per heavy atom. The third-order valence-electron chi connectivity index (χ3n) is 5.29. The van der Waals surface area contributed by atoms with Crippen LogP contribution in [-0.4, -0.2) is 38.4 Å².